The number of carbonyl (C=O) groups excluding carboxylic acids is 7. The third kappa shape index (κ3) is 9.43. The minimum Gasteiger partial charge on any atom is -0.467 e. The lowest BCUT2D eigenvalue weighted by atomic mass is 10.0. The summed E-state index contributed by atoms with van der Waals surface area (Å²) in [5.41, 5.74) is 0.212. The maximum Gasteiger partial charge on any atom is 0.337 e. The number of nitrogens with one attached hydrogen (secondary N) is 2. The average molecular weight is 587 g/mol. The van der Waals surface area contributed by atoms with Crippen LogP contribution < -0.4 is 10.6 Å². The van der Waals surface area contributed by atoms with Crippen molar-refractivity contribution in [3.05, 3.63) is 65.2 Å². The van der Waals surface area contributed by atoms with Crippen molar-refractivity contribution in [3.63, 3.8) is 0 Å². The predicted molar refractivity (Wildman–Crippen MR) is 143 cm³/mol. The molecule has 2 amide bonds. The average Bonchev–Trinajstić information content (AvgIpc) is 2.97. The van der Waals surface area contributed by atoms with E-state index in [0.29, 0.717) is 5.56 Å². The summed E-state index contributed by atoms with van der Waals surface area (Å²) in [5.74, 6) is -6.91. The van der Waals surface area contributed by atoms with Crippen molar-refractivity contribution >= 4 is 47.3 Å². The first kappa shape index (κ1) is 32.9. The largest absolute Gasteiger partial charge is 0.467 e. The highest BCUT2D eigenvalue weighted by Crippen LogP contribution is 2.19. The fourth-order valence-corrected chi connectivity index (χ4v) is 3.69. The van der Waals surface area contributed by atoms with E-state index in [9.17, 15) is 33.6 Å². The summed E-state index contributed by atoms with van der Waals surface area (Å²) in [4.78, 5) is 87.3. The van der Waals surface area contributed by atoms with Gasteiger partial charge in [-0.2, -0.15) is 0 Å². The van der Waals surface area contributed by atoms with Gasteiger partial charge in [0.05, 0.1) is 32.5 Å². The maximum absolute atomic E-state index is 13.4. The molecule has 2 rings (SSSR count). The summed E-state index contributed by atoms with van der Waals surface area (Å²) in [6, 6.07) is 10.8. The van der Waals surface area contributed by atoms with Crippen LogP contribution in [0.15, 0.2) is 48.5 Å². The van der Waals surface area contributed by atoms with E-state index in [2.05, 4.69) is 20.1 Å². The van der Waals surface area contributed by atoms with E-state index in [1.54, 1.807) is 30.3 Å². The first-order chi connectivity index (χ1) is 19.9. The Balaban J connectivity index is 2.46. The van der Waals surface area contributed by atoms with Gasteiger partial charge >= 0.3 is 29.8 Å². The smallest absolute Gasteiger partial charge is 0.337 e. The first-order valence-corrected chi connectivity index (χ1v) is 12.3. The van der Waals surface area contributed by atoms with Gasteiger partial charge in [-0.25, -0.2) is 14.4 Å². The third-order valence-electron chi connectivity index (χ3n) is 5.51. The normalized spacial score (nSPS) is 12.4. The molecule has 0 saturated heterocycles. The molecule has 3 unspecified atom stereocenters. The van der Waals surface area contributed by atoms with Crippen LogP contribution in [-0.2, 0) is 54.1 Å². The second-order valence-corrected chi connectivity index (χ2v) is 8.61. The standard InChI is InChI=1S/C28H30N2O12/c1-15(31)41-22(24(33)29-20-13-18(26(35)38-3)12-19(14-20)27(36)39-4)23(42-16(2)32)25(34)30-21(28(37)40-5)11-17-9-7-6-8-10-17/h6-10,12-14,21-23H,11H2,1-5H3,(H,29,33)(H,30,34). The number of ether oxygens (including phenoxy) is 5. The zero-order valence-electron chi connectivity index (χ0n) is 23.5. The van der Waals surface area contributed by atoms with Crippen LogP contribution in [0.25, 0.3) is 0 Å². The van der Waals surface area contributed by atoms with Gasteiger partial charge in [0, 0.05) is 26.0 Å². The fraction of sp³-hybridized carbons (Fsp3) is 0.321. The second kappa shape index (κ2) is 15.5. The summed E-state index contributed by atoms with van der Waals surface area (Å²) >= 11 is 0. The third-order valence-corrected chi connectivity index (χ3v) is 5.51. The summed E-state index contributed by atoms with van der Waals surface area (Å²) in [6.07, 6.45) is -4.17. The van der Waals surface area contributed by atoms with Gasteiger partial charge in [-0.05, 0) is 23.8 Å². The van der Waals surface area contributed by atoms with Gasteiger partial charge in [-0.15, -0.1) is 0 Å². The molecule has 0 radical (unpaired) electrons. The van der Waals surface area contributed by atoms with E-state index in [1.165, 1.54) is 0 Å². The quantitative estimate of drug-likeness (QED) is 0.265. The van der Waals surface area contributed by atoms with Gasteiger partial charge in [0.25, 0.3) is 11.8 Å². The van der Waals surface area contributed by atoms with E-state index in [0.717, 1.165) is 53.4 Å². The monoisotopic (exact) mass is 586 g/mol. The van der Waals surface area contributed by atoms with Gasteiger partial charge in [-0.1, -0.05) is 30.3 Å². The number of methoxy groups -OCH3 is 3. The molecule has 3 atom stereocenters. The second-order valence-electron chi connectivity index (χ2n) is 8.61. The number of anilines is 1. The molecule has 0 heterocycles. The zero-order chi connectivity index (χ0) is 31.4. The Bertz CT molecular complexity index is 1310. The molecule has 0 bridgehead atoms. The van der Waals surface area contributed by atoms with Crippen molar-refractivity contribution in [2.75, 3.05) is 26.6 Å². The Labute approximate surface area is 240 Å². The molecule has 0 fully saturated rings. The van der Waals surface area contributed by atoms with Gasteiger partial charge in [0.15, 0.2) is 0 Å². The molecule has 0 aliphatic rings. The lowest BCUT2D eigenvalue weighted by Crippen LogP contribution is -2.55. The summed E-state index contributed by atoms with van der Waals surface area (Å²) < 4.78 is 24.2. The minimum absolute atomic E-state index is 0.0207. The first-order valence-electron chi connectivity index (χ1n) is 12.3. The lowest BCUT2D eigenvalue weighted by molar-refractivity contribution is -0.173. The molecule has 2 N–H and O–H groups in total. The topological polar surface area (TPSA) is 190 Å². The Morgan fingerprint density at radius 1 is 0.690 bits per heavy atom. The van der Waals surface area contributed by atoms with Crippen LogP contribution in [0.3, 0.4) is 0 Å². The molecule has 2 aromatic carbocycles. The summed E-state index contributed by atoms with van der Waals surface area (Å²) in [7, 11) is 3.31. The molecule has 14 nitrogen and oxygen atoms in total. The molecule has 0 aliphatic heterocycles. The molecule has 224 valence electrons. The number of rotatable bonds is 12. The van der Waals surface area contributed by atoms with Crippen molar-refractivity contribution in [2.24, 2.45) is 0 Å². The van der Waals surface area contributed by atoms with Crippen LogP contribution in [0.4, 0.5) is 5.69 Å². The Morgan fingerprint density at radius 2 is 1.19 bits per heavy atom. The summed E-state index contributed by atoms with van der Waals surface area (Å²) in [5, 5.41) is 4.70. The maximum atomic E-state index is 13.4. The number of benzene rings is 2. The van der Waals surface area contributed by atoms with Crippen molar-refractivity contribution in [2.45, 2.75) is 38.5 Å². The Kier molecular flexibility index (Phi) is 12.2. The van der Waals surface area contributed by atoms with Gasteiger partial charge in [-0.3, -0.25) is 19.2 Å². The van der Waals surface area contributed by atoms with Crippen molar-refractivity contribution in [1.82, 2.24) is 5.32 Å². The molecule has 0 saturated carbocycles. The zero-order valence-corrected chi connectivity index (χ0v) is 23.5. The number of amides is 2. The van der Waals surface area contributed by atoms with Crippen molar-refractivity contribution < 1.29 is 57.2 Å². The number of carbonyl (C=O) groups is 7. The van der Waals surface area contributed by atoms with E-state index in [4.69, 9.17) is 14.2 Å². The molecular weight excluding hydrogens is 556 g/mol. The molecular formula is C28H30N2O12. The van der Waals surface area contributed by atoms with E-state index in [-0.39, 0.29) is 23.2 Å². The van der Waals surface area contributed by atoms with Crippen LogP contribution in [0.5, 0.6) is 0 Å². The summed E-state index contributed by atoms with van der Waals surface area (Å²) in [6.45, 7) is 1.90. The van der Waals surface area contributed by atoms with Crippen molar-refractivity contribution in [1.29, 1.82) is 0 Å². The van der Waals surface area contributed by atoms with Crippen LogP contribution >= 0.6 is 0 Å². The molecule has 0 aliphatic carbocycles. The minimum atomic E-state index is -2.08. The van der Waals surface area contributed by atoms with E-state index >= 15 is 0 Å². The van der Waals surface area contributed by atoms with E-state index in [1.807, 2.05) is 0 Å². The Hall–Kier alpha value is -5.27. The number of esters is 5. The van der Waals surface area contributed by atoms with Crippen LogP contribution in [0.1, 0.15) is 40.1 Å². The highest BCUT2D eigenvalue weighted by atomic mass is 16.6. The molecule has 2 aromatic rings. The molecule has 0 spiro atoms. The lowest BCUT2D eigenvalue weighted by Gasteiger charge is -2.26. The van der Waals surface area contributed by atoms with E-state index < -0.39 is 59.9 Å². The highest BCUT2D eigenvalue weighted by Gasteiger charge is 2.41. The van der Waals surface area contributed by atoms with Crippen molar-refractivity contribution in [3.8, 4) is 0 Å². The molecule has 14 heteroatoms. The SMILES string of the molecule is COC(=O)c1cc(NC(=O)C(OC(C)=O)C(OC(C)=O)C(=O)NC(Cc2ccccc2)C(=O)OC)cc(C(=O)OC)c1. The van der Waals surface area contributed by atoms with Crippen LogP contribution in [-0.4, -0.2) is 81.2 Å². The van der Waals surface area contributed by atoms with Gasteiger partial charge < -0.3 is 34.3 Å². The Morgan fingerprint density at radius 3 is 1.64 bits per heavy atom. The molecule has 0 aromatic heterocycles. The predicted octanol–water partition coefficient (Wildman–Crippen LogP) is 0.962. The number of hydrogen-bond acceptors (Lipinski definition) is 12. The molecule has 42 heavy (non-hydrogen) atoms. The van der Waals surface area contributed by atoms with Gasteiger partial charge in [0.1, 0.15) is 6.04 Å². The number of hydrogen-bond donors (Lipinski definition) is 2. The van der Waals surface area contributed by atoms with Crippen LogP contribution in [0.2, 0.25) is 0 Å². The van der Waals surface area contributed by atoms with Crippen LogP contribution in [0, 0.1) is 0 Å². The highest BCUT2D eigenvalue weighted by molar-refractivity contribution is 6.03. The van der Waals surface area contributed by atoms with Gasteiger partial charge in [0.2, 0.25) is 12.2 Å². The fourth-order valence-electron chi connectivity index (χ4n) is 3.69.